The zero-order valence-electron chi connectivity index (χ0n) is 13.0. The quantitative estimate of drug-likeness (QED) is 0.644. The van der Waals surface area contributed by atoms with Crippen LogP contribution in [0.25, 0.3) is 0 Å². The van der Waals surface area contributed by atoms with Crippen molar-refractivity contribution >= 4 is 54.6 Å². The third-order valence-corrected chi connectivity index (χ3v) is 6.43. The van der Waals surface area contributed by atoms with Crippen molar-refractivity contribution < 1.29 is 12.8 Å². The van der Waals surface area contributed by atoms with Crippen LogP contribution in [0.5, 0.6) is 0 Å². The minimum absolute atomic E-state index is 0.00774. The predicted octanol–water partition coefficient (Wildman–Crippen LogP) is 3.89. The normalized spacial score (nSPS) is 14.4. The van der Waals surface area contributed by atoms with E-state index in [-0.39, 0.29) is 27.8 Å². The van der Waals surface area contributed by atoms with Crippen LogP contribution >= 0.6 is 27.5 Å². The van der Waals surface area contributed by atoms with Crippen LogP contribution < -0.4 is 15.6 Å². The number of nitrogens with one attached hydrogen (secondary N) is 3. The molecule has 25 heavy (non-hydrogen) atoms. The highest BCUT2D eigenvalue weighted by atomic mass is 79.9. The average molecular weight is 451 g/mol. The first-order valence-corrected chi connectivity index (χ1v) is 10.1. The topological polar surface area (TPSA) is 91.1 Å². The number of aryl methyl sites for hydroxylation is 1. The molecule has 0 radical (unpaired) electrons. The number of rotatable bonds is 5. The molecule has 0 saturated heterocycles. The number of benzene rings is 1. The number of hydrogen-bond donors (Lipinski definition) is 3. The van der Waals surface area contributed by atoms with Gasteiger partial charge < -0.3 is 10.3 Å². The number of hydrogen-bond acceptors (Lipinski definition) is 4. The first-order chi connectivity index (χ1) is 11.7. The fourth-order valence-electron chi connectivity index (χ4n) is 2.27. The smallest absolute Gasteiger partial charge is 0.269 e. The van der Waals surface area contributed by atoms with Gasteiger partial charge in [-0.3, -0.25) is 9.52 Å². The number of halogens is 3. The summed E-state index contributed by atoms with van der Waals surface area (Å²) < 4.78 is 41.7. The molecular weight excluding hydrogens is 437 g/mol. The maximum Gasteiger partial charge on any atom is 0.269 e. The molecule has 10 heteroatoms. The lowest BCUT2D eigenvalue weighted by atomic mass is 10.2. The maximum absolute atomic E-state index is 14.1. The van der Waals surface area contributed by atoms with E-state index in [4.69, 9.17) is 11.6 Å². The molecule has 0 atom stereocenters. The molecule has 134 valence electrons. The lowest BCUT2D eigenvalue weighted by Crippen LogP contribution is -2.22. The van der Waals surface area contributed by atoms with Crippen LogP contribution in [0.3, 0.4) is 0 Å². The summed E-state index contributed by atoms with van der Waals surface area (Å²) in [5, 5.41) is 2.00. The maximum atomic E-state index is 14.1. The molecule has 1 heterocycles. The number of pyridine rings is 1. The van der Waals surface area contributed by atoms with Crippen molar-refractivity contribution in [1.82, 2.24) is 4.98 Å². The van der Waals surface area contributed by atoms with Gasteiger partial charge in [-0.15, -0.1) is 0 Å². The Kier molecular flexibility index (Phi) is 4.82. The van der Waals surface area contributed by atoms with Crippen LogP contribution in [0.15, 0.2) is 27.5 Å². The second-order valence-corrected chi connectivity index (χ2v) is 8.99. The third kappa shape index (κ3) is 3.83. The second kappa shape index (κ2) is 6.62. The van der Waals surface area contributed by atoms with Crippen molar-refractivity contribution in [3.63, 3.8) is 0 Å². The van der Waals surface area contributed by atoms with Crippen LogP contribution in [0, 0.1) is 12.7 Å². The van der Waals surface area contributed by atoms with Gasteiger partial charge in [0.15, 0.2) is 0 Å². The summed E-state index contributed by atoms with van der Waals surface area (Å²) in [5.41, 5.74) is -0.165. The van der Waals surface area contributed by atoms with Crippen molar-refractivity contribution in [2.45, 2.75) is 25.0 Å². The average Bonchev–Trinajstić information content (AvgIpc) is 3.35. The number of sulfonamides is 1. The Morgan fingerprint density at radius 1 is 1.32 bits per heavy atom. The summed E-state index contributed by atoms with van der Waals surface area (Å²) in [7, 11) is -3.60. The van der Waals surface area contributed by atoms with E-state index in [1.54, 1.807) is 6.07 Å². The van der Waals surface area contributed by atoms with Gasteiger partial charge >= 0.3 is 0 Å². The Morgan fingerprint density at radius 3 is 2.60 bits per heavy atom. The van der Waals surface area contributed by atoms with E-state index in [1.165, 1.54) is 19.1 Å². The number of anilines is 3. The van der Waals surface area contributed by atoms with E-state index in [9.17, 15) is 17.6 Å². The highest BCUT2D eigenvalue weighted by Crippen LogP contribution is 2.37. The Hall–Kier alpha value is -1.58. The van der Waals surface area contributed by atoms with E-state index in [0.29, 0.717) is 17.3 Å². The van der Waals surface area contributed by atoms with E-state index < -0.39 is 26.6 Å². The molecule has 2 aromatic rings. The molecule has 1 aliphatic rings. The summed E-state index contributed by atoms with van der Waals surface area (Å²) in [6, 6.07) is 4.29. The number of H-pyrrole nitrogens is 1. The predicted molar refractivity (Wildman–Crippen MR) is 99.8 cm³/mol. The van der Waals surface area contributed by atoms with Gasteiger partial charge in [-0.05, 0) is 38.0 Å². The third-order valence-electron chi connectivity index (χ3n) is 3.74. The molecule has 1 saturated carbocycles. The minimum Gasteiger partial charge on any atom is -0.350 e. The Morgan fingerprint density at radius 2 is 2.00 bits per heavy atom. The standard InChI is InChI=1S/C15H14BrClFN3O3S/c1-7-13(21-25(23,24)9-3-4-9)14(12(17)15(22)19-7)20-11-5-2-8(16)6-10(11)18/h2,5-6,9,21H,3-4H2,1H3,(H2,19,20,22). The van der Waals surface area contributed by atoms with Crippen molar-refractivity contribution in [3.05, 3.63) is 49.6 Å². The molecule has 0 aliphatic heterocycles. The van der Waals surface area contributed by atoms with E-state index in [1.807, 2.05) is 0 Å². The van der Waals surface area contributed by atoms with E-state index in [2.05, 4.69) is 31.0 Å². The number of aromatic nitrogens is 1. The van der Waals surface area contributed by atoms with Gasteiger partial charge in [-0.1, -0.05) is 27.5 Å². The van der Waals surface area contributed by atoms with Gasteiger partial charge in [0.05, 0.1) is 22.3 Å². The van der Waals surface area contributed by atoms with Crippen molar-refractivity contribution in [2.24, 2.45) is 0 Å². The Labute approximate surface area is 157 Å². The van der Waals surface area contributed by atoms with Gasteiger partial charge in [-0.2, -0.15) is 0 Å². The molecule has 3 N–H and O–H groups in total. The fourth-order valence-corrected chi connectivity index (χ4v) is 4.26. The van der Waals surface area contributed by atoms with Crippen molar-refractivity contribution in [1.29, 1.82) is 0 Å². The first kappa shape index (κ1) is 18.2. The minimum atomic E-state index is -3.60. The van der Waals surface area contributed by atoms with Crippen molar-refractivity contribution in [3.8, 4) is 0 Å². The van der Waals surface area contributed by atoms with Gasteiger partial charge in [-0.25, -0.2) is 12.8 Å². The van der Waals surface area contributed by atoms with Crippen LogP contribution in [0.1, 0.15) is 18.5 Å². The van der Waals surface area contributed by atoms with E-state index >= 15 is 0 Å². The van der Waals surface area contributed by atoms with Gasteiger partial charge in [0.2, 0.25) is 10.0 Å². The zero-order chi connectivity index (χ0) is 18.4. The lowest BCUT2D eigenvalue weighted by Gasteiger charge is -2.17. The monoisotopic (exact) mass is 449 g/mol. The van der Waals surface area contributed by atoms with Crippen LogP contribution in [-0.2, 0) is 10.0 Å². The number of aromatic amines is 1. The highest BCUT2D eigenvalue weighted by molar-refractivity contribution is 9.10. The molecule has 0 unspecified atom stereocenters. The van der Waals surface area contributed by atoms with Gasteiger partial charge in [0.25, 0.3) is 5.56 Å². The lowest BCUT2D eigenvalue weighted by molar-refractivity contribution is 0.600. The fraction of sp³-hybridized carbons (Fsp3) is 0.267. The Balaban J connectivity index is 2.08. The van der Waals surface area contributed by atoms with Gasteiger partial charge in [0, 0.05) is 10.2 Å². The second-order valence-electron chi connectivity index (χ2n) is 5.74. The summed E-state index contributed by atoms with van der Waals surface area (Å²) in [5.74, 6) is -0.584. The summed E-state index contributed by atoms with van der Waals surface area (Å²) in [6.45, 7) is 1.53. The molecule has 1 fully saturated rings. The Bertz CT molecular complexity index is 1010. The molecule has 1 aromatic heterocycles. The van der Waals surface area contributed by atoms with Crippen LogP contribution in [-0.4, -0.2) is 18.7 Å². The van der Waals surface area contributed by atoms with Crippen LogP contribution in [0.4, 0.5) is 21.5 Å². The van der Waals surface area contributed by atoms with Gasteiger partial charge in [0.1, 0.15) is 10.8 Å². The summed E-state index contributed by atoms with van der Waals surface area (Å²) in [4.78, 5) is 14.4. The van der Waals surface area contributed by atoms with Crippen molar-refractivity contribution in [2.75, 3.05) is 10.0 Å². The van der Waals surface area contributed by atoms with E-state index in [0.717, 1.165) is 0 Å². The summed E-state index contributed by atoms with van der Waals surface area (Å²) in [6.07, 6.45) is 1.16. The largest absolute Gasteiger partial charge is 0.350 e. The molecule has 0 amide bonds. The molecular formula is C15H14BrClFN3O3S. The first-order valence-electron chi connectivity index (χ1n) is 7.35. The molecule has 0 bridgehead atoms. The molecule has 6 nitrogen and oxygen atoms in total. The van der Waals surface area contributed by atoms with Crippen LogP contribution in [0.2, 0.25) is 5.02 Å². The molecule has 1 aromatic carbocycles. The summed E-state index contributed by atoms with van der Waals surface area (Å²) >= 11 is 9.21. The SMILES string of the molecule is Cc1[nH]c(=O)c(Cl)c(Nc2ccc(Br)cc2F)c1NS(=O)(=O)C1CC1. The zero-order valence-corrected chi connectivity index (χ0v) is 16.1. The molecule has 0 spiro atoms. The highest BCUT2D eigenvalue weighted by Gasteiger charge is 2.36. The molecule has 1 aliphatic carbocycles. The molecule has 3 rings (SSSR count).